The summed E-state index contributed by atoms with van der Waals surface area (Å²) < 4.78 is 1.89. The maximum atomic E-state index is 12.5. The summed E-state index contributed by atoms with van der Waals surface area (Å²) >= 11 is 0. The minimum Gasteiger partial charge on any atom is -0.340 e. The second-order valence-corrected chi connectivity index (χ2v) is 5.72. The third-order valence-electron chi connectivity index (χ3n) is 4.13. The fraction of sp³-hybridized carbons (Fsp3) is 0.412. The molecule has 3 rings (SSSR count). The molecule has 21 heavy (non-hydrogen) atoms. The minimum atomic E-state index is 0.144. The van der Waals surface area contributed by atoms with Crippen molar-refractivity contribution in [2.24, 2.45) is 5.92 Å². The Morgan fingerprint density at radius 3 is 2.76 bits per heavy atom. The highest BCUT2D eigenvalue weighted by atomic mass is 16.2. The van der Waals surface area contributed by atoms with Crippen LogP contribution in [0.25, 0.3) is 0 Å². The van der Waals surface area contributed by atoms with Crippen molar-refractivity contribution in [3.8, 4) is 0 Å². The van der Waals surface area contributed by atoms with E-state index in [2.05, 4.69) is 24.2 Å². The van der Waals surface area contributed by atoms with Crippen LogP contribution < -0.4 is 0 Å². The van der Waals surface area contributed by atoms with Gasteiger partial charge < -0.3 is 4.90 Å². The molecule has 0 N–H and O–H groups in total. The zero-order valence-corrected chi connectivity index (χ0v) is 12.6. The highest BCUT2D eigenvalue weighted by molar-refractivity contribution is 5.82. The van der Waals surface area contributed by atoms with Crippen LogP contribution in [-0.4, -0.2) is 27.6 Å². The first-order chi connectivity index (χ1) is 10.2. The van der Waals surface area contributed by atoms with Crippen molar-refractivity contribution in [3.63, 3.8) is 0 Å². The molecule has 1 aromatic heterocycles. The van der Waals surface area contributed by atoms with Crippen molar-refractivity contribution in [1.29, 1.82) is 0 Å². The van der Waals surface area contributed by atoms with Gasteiger partial charge in [-0.1, -0.05) is 30.3 Å². The third kappa shape index (κ3) is 2.99. The molecule has 0 saturated heterocycles. The van der Waals surface area contributed by atoms with Crippen LogP contribution in [0.2, 0.25) is 0 Å². The van der Waals surface area contributed by atoms with Crippen LogP contribution in [0, 0.1) is 5.92 Å². The number of amides is 1. The summed E-state index contributed by atoms with van der Waals surface area (Å²) in [5.74, 6) is 0.773. The largest absolute Gasteiger partial charge is 0.340 e. The molecule has 1 aliphatic rings. The Labute approximate surface area is 125 Å². The zero-order valence-electron chi connectivity index (χ0n) is 12.6. The number of aromatic nitrogens is 2. The SMILES string of the molecule is CCn1ccc(CN(C)C(=O)C2CC2c2ccccc2)n1. The number of benzene rings is 1. The van der Waals surface area contributed by atoms with E-state index < -0.39 is 0 Å². The lowest BCUT2D eigenvalue weighted by molar-refractivity contribution is -0.131. The predicted molar refractivity (Wildman–Crippen MR) is 81.7 cm³/mol. The van der Waals surface area contributed by atoms with Gasteiger partial charge in [0.15, 0.2) is 0 Å². The number of nitrogens with zero attached hydrogens (tertiary/aromatic N) is 3. The van der Waals surface area contributed by atoms with Gasteiger partial charge in [-0.15, -0.1) is 0 Å². The summed E-state index contributed by atoms with van der Waals surface area (Å²) in [5, 5.41) is 4.43. The van der Waals surface area contributed by atoms with Gasteiger partial charge in [-0.3, -0.25) is 9.48 Å². The molecular weight excluding hydrogens is 262 g/mol. The van der Waals surface area contributed by atoms with E-state index in [1.807, 2.05) is 42.2 Å². The molecule has 2 unspecified atom stereocenters. The minimum absolute atomic E-state index is 0.144. The highest BCUT2D eigenvalue weighted by Gasteiger charge is 2.45. The van der Waals surface area contributed by atoms with E-state index in [1.165, 1.54) is 5.56 Å². The van der Waals surface area contributed by atoms with E-state index in [1.54, 1.807) is 4.90 Å². The van der Waals surface area contributed by atoms with Crippen LogP contribution in [0.3, 0.4) is 0 Å². The Bertz CT molecular complexity index is 620. The molecule has 4 nitrogen and oxygen atoms in total. The Morgan fingerprint density at radius 2 is 2.10 bits per heavy atom. The van der Waals surface area contributed by atoms with Crippen molar-refractivity contribution < 1.29 is 4.79 Å². The molecule has 1 amide bonds. The van der Waals surface area contributed by atoms with Crippen molar-refractivity contribution in [2.75, 3.05) is 7.05 Å². The van der Waals surface area contributed by atoms with Gasteiger partial charge in [0, 0.05) is 25.7 Å². The first-order valence-electron chi connectivity index (χ1n) is 7.51. The highest BCUT2D eigenvalue weighted by Crippen LogP contribution is 2.48. The third-order valence-corrected chi connectivity index (χ3v) is 4.13. The summed E-state index contributed by atoms with van der Waals surface area (Å²) in [4.78, 5) is 14.3. The van der Waals surface area contributed by atoms with Gasteiger partial charge in [0.1, 0.15) is 0 Å². The quantitative estimate of drug-likeness (QED) is 0.846. The standard InChI is InChI=1S/C17H21N3O/c1-3-20-10-9-14(18-20)12-19(2)17(21)16-11-15(16)13-7-5-4-6-8-13/h4-10,15-16H,3,11-12H2,1-2H3. The van der Waals surface area contributed by atoms with Crippen molar-refractivity contribution >= 4 is 5.91 Å². The lowest BCUT2D eigenvalue weighted by atomic mass is 10.1. The second kappa shape index (κ2) is 5.72. The molecule has 110 valence electrons. The van der Waals surface area contributed by atoms with Crippen LogP contribution in [0.4, 0.5) is 0 Å². The molecule has 1 fully saturated rings. The average molecular weight is 283 g/mol. The van der Waals surface area contributed by atoms with E-state index in [4.69, 9.17) is 0 Å². The molecule has 0 aliphatic heterocycles. The van der Waals surface area contributed by atoms with E-state index in [-0.39, 0.29) is 11.8 Å². The van der Waals surface area contributed by atoms with Crippen molar-refractivity contribution in [3.05, 3.63) is 53.9 Å². The lowest BCUT2D eigenvalue weighted by Crippen LogP contribution is -2.28. The molecule has 1 saturated carbocycles. The van der Waals surface area contributed by atoms with E-state index in [0.717, 1.165) is 18.7 Å². The maximum Gasteiger partial charge on any atom is 0.226 e. The van der Waals surface area contributed by atoms with Crippen molar-refractivity contribution in [2.45, 2.75) is 32.4 Å². The number of aryl methyl sites for hydroxylation is 1. The van der Waals surface area contributed by atoms with Crippen LogP contribution in [-0.2, 0) is 17.9 Å². The number of carbonyl (C=O) groups is 1. The Morgan fingerprint density at radius 1 is 1.33 bits per heavy atom. The Hall–Kier alpha value is -2.10. The van der Waals surface area contributed by atoms with Gasteiger partial charge >= 0.3 is 0 Å². The summed E-state index contributed by atoms with van der Waals surface area (Å²) in [6.07, 6.45) is 2.92. The zero-order chi connectivity index (χ0) is 14.8. The molecule has 0 bridgehead atoms. The van der Waals surface area contributed by atoms with Crippen LogP contribution >= 0.6 is 0 Å². The van der Waals surface area contributed by atoms with Gasteiger partial charge in [-0.05, 0) is 30.9 Å². The van der Waals surface area contributed by atoms with Crippen LogP contribution in [0.1, 0.15) is 30.5 Å². The average Bonchev–Trinajstić information content (AvgIpc) is 3.20. The lowest BCUT2D eigenvalue weighted by Gasteiger charge is -2.16. The molecule has 1 aliphatic carbocycles. The van der Waals surface area contributed by atoms with E-state index in [0.29, 0.717) is 12.5 Å². The first-order valence-corrected chi connectivity index (χ1v) is 7.51. The first kappa shape index (κ1) is 13.9. The van der Waals surface area contributed by atoms with Gasteiger partial charge in [0.2, 0.25) is 5.91 Å². The molecule has 1 aromatic carbocycles. The van der Waals surface area contributed by atoms with Gasteiger partial charge in [0.05, 0.1) is 12.2 Å². The van der Waals surface area contributed by atoms with Gasteiger partial charge in [0.25, 0.3) is 0 Å². The fourth-order valence-corrected chi connectivity index (χ4v) is 2.80. The monoisotopic (exact) mass is 283 g/mol. The second-order valence-electron chi connectivity index (χ2n) is 5.72. The van der Waals surface area contributed by atoms with Gasteiger partial charge in [-0.25, -0.2) is 0 Å². The Kier molecular flexibility index (Phi) is 3.78. The normalized spacial score (nSPS) is 20.3. The molecule has 2 aromatic rings. The number of hydrogen-bond donors (Lipinski definition) is 0. The molecule has 0 spiro atoms. The summed E-state index contributed by atoms with van der Waals surface area (Å²) in [5.41, 5.74) is 2.23. The summed E-state index contributed by atoms with van der Waals surface area (Å²) in [6.45, 7) is 3.50. The molecule has 2 atom stereocenters. The van der Waals surface area contributed by atoms with E-state index in [9.17, 15) is 4.79 Å². The molecule has 4 heteroatoms. The van der Waals surface area contributed by atoms with Crippen molar-refractivity contribution in [1.82, 2.24) is 14.7 Å². The number of carbonyl (C=O) groups excluding carboxylic acids is 1. The summed E-state index contributed by atoms with van der Waals surface area (Å²) in [7, 11) is 1.87. The van der Waals surface area contributed by atoms with Gasteiger partial charge in [-0.2, -0.15) is 5.10 Å². The molecular formula is C17H21N3O. The topological polar surface area (TPSA) is 38.1 Å². The molecule has 0 radical (unpaired) electrons. The maximum absolute atomic E-state index is 12.5. The predicted octanol–water partition coefficient (Wildman–Crippen LogP) is 2.67. The Balaban J connectivity index is 1.59. The number of hydrogen-bond acceptors (Lipinski definition) is 2. The number of rotatable bonds is 5. The van der Waals surface area contributed by atoms with Crippen LogP contribution in [0.5, 0.6) is 0 Å². The fourth-order valence-electron chi connectivity index (χ4n) is 2.80. The molecule has 1 heterocycles. The van der Waals surface area contributed by atoms with Crippen LogP contribution in [0.15, 0.2) is 42.6 Å². The summed E-state index contributed by atoms with van der Waals surface area (Å²) in [6, 6.07) is 12.3. The van der Waals surface area contributed by atoms with E-state index >= 15 is 0 Å². The smallest absolute Gasteiger partial charge is 0.226 e.